The van der Waals surface area contributed by atoms with E-state index in [1.54, 1.807) is 25.5 Å². The van der Waals surface area contributed by atoms with E-state index in [9.17, 15) is 4.79 Å². The van der Waals surface area contributed by atoms with Gasteiger partial charge in [0.2, 0.25) is 5.88 Å². The van der Waals surface area contributed by atoms with Crippen LogP contribution in [0.15, 0.2) is 24.3 Å². The van der Waals surface area contributed by atoms with Gasteiger partial charge in [0.1, 0.15) is 5.69 Å². The number of hydrogen-bond acceptors (Lipinski definition) is 4. The van der Waals surface area contributed by atoms with Crippen LogP contribution < -0.4 is 4.74 Å². The van der Waals surface area contributed by atoms with Crippen molar-refractivity contribution in [1.82, 2.24) is 9.55 Å². The second-order valence-corrected chi connectivity index (χ2v) is 4.79. The molecule has 0 atom stereocenters. The topological polar surface area (TPSA) is 53.4 Å². The van der Waals surface area contributed by atoms with Crippen molar-refractivity contribution < 1.29 is 14.3 Å². The van der Waals surface area contributed by atoms with Gasteiger partial charge in [-0.3, -0.25) is 4.57 Å². The van der Waals surface area contributed by atoms with Crippen molar-refractivity contribution in [3.63, 3.8) is 0 Å². The van der Waals surface area contributed by atoms with Crippen LogP contribution >= 0.6 is 0 Å². The van der Waals surface area contributed by atoms with E-state index in [1.165, 1.54) is 0 Å². The lowest BCUT2D eigenvalue weighted by Gasteiger charge is -2.05. The van der Waals surface area contributed by atoms with Gasteiger partial charge in [-0.05, 0) is 44.4 Å². The Kier molecular flexibility index (Phi) is 4.84. The lowest BCUT2D eigenvalue weighted by molar-refractivity contribution is 0.101. The summed E-state index contributed by atoms with van der Waals surface area (Å²) in [6.07, 6.45) is -0.744. The number of nitrogens with zero attached hydrogens (tertiary/aromatic N) is 2. The SMILES string of the molecule is CCOC(=O)Oc1c(C)nc(C#Cc2cccc(C)c2)n1C. The largest absolute Gasteiger partial charge is 0.515 e. The molecule has 22 heavy (non-hydrogen) atoms. The van der Waals surface area contributed by atoms with Gasteiger partial charge in [-0.15, -0.1) is 0 Å². The van der Waals surface area contributed by atoms with Crippen molar-refractivity contribution in [2.75, 3.05) is 6.61 Å². The Morgan fingerprint density at radius 2 is 2.09 bits per heavy atom. The molecule has 1 aromatic carbocycles. The Morgan fingerprint density at radius 3 is 2.77 bits per heavy atom. The van der Waals surface area contributed by atoms with Crippen molar-refractivity contribution in [2.45, 2.75) is 20.8 Å². The first-order valence-electron chi connectivity index (χ1n) is 6.98. The summed E-state index contributed by atoms with van der Waals surface area (Å²) in [6, 6.07) is 7.91. The lowest BCUT2D eigenvalue weighted by atomic mass is 10.1. The van der Waals surface area contributed by atoms with Gasteiger partial charge >= 0.3 is 6.16 Å². The first-order valence-corrected chi connectivity index (χ1v) is 6.98. The molecule has 2 rings (SSSR count). The van der Waals surface area contributed by atoms with Gasteiger partial charge in [-0.1, -0.05) is 18.1 Å². The van der Waals surface area contributed by atoms with Crippen LogP contribution in [-0.2, 0) is 11.8 Å². The molecule has 2 aromatic rings. The number of carbonyl (C=O) groups is 1. The molecule has 0 amide bonds. The third-order valence-electron chi connectivity index (χ3n) is 2.98. The summed E-state index contributed by atoms with van der Waals surface area (Å²) in [5.41, 5.74) is 2.65. The predicted octanol–water partition coefficient (Wildman–Crippen LogP) is 2.97. The molecule has 0 fully saturated rings. The highest BCUT2D eigenvalue weighted by Crippen LogP contribution is 2.18. The first-order chi connectivity index (χ1) is 10.5. The van der Waals surface area contributed by atoms with Gasteiger partial charge in [-0.25, -0.2) is 9.78 Å². The molecule has 0 aliphatic carbocycles. The lowest BCUT2D eigenvalue weighted by Crippen LogP contribution is -2.13. The number of ether oxygens (including phenoxy) is 2. The maximum absolute atomic E-state index is 11.4. The Balaban J connectivity index is 2.25. The highest BCUT2D eigenvalue weighted by molar-refractivity contribution is 5.63. The van der Waals surface area contributed by atoms with Crippen molar-refractivity contribution >= 4 is 6.16 Å². The fraction of sp³-hybridized carbons (Fsp3) is 0.294. The van der Waals surface area contributed by atoms with Crippen molar-refractivity contribution in [2.24, 2.45) is 7.05 Å². The molecule has 114 valence electrons. The van der Waals surface area contributed by atoms with Crippen LogP contribution in [0.4, 0.5) is 4.79 Å². The standard InChI is InChI=1S/C17H18N2O3/c1-5-21-17(20)22-16-13(3)18-15(19(16)4)10-9-14-8-6-7-12(2)11-14/h6-8,11H,5H2,1-4H3. The van der Waals surface area contributed by atoms with Gasteiger partial charge in [0, 0.05) is 12.6 Å². The van der Waals surface area contributed by atoms with Gasteiger partial charge in [0.15, 0.2) is 5.82 Å². The van der Waals surface area contributed by atoms with Crippen LogP contribution in [-0.4, -0.2) is 22.3 Å². The second kappa shape index (κ2) is 6.81. The molecule has 0 spiro atoms. The molecule has 5 nitrogen and oxygen atoms in total. The number of benzene rings is 1. The van der Waals surface area contributed by atoms with Crippen molar-refractivity contribution in [1.29, 1.82) is 0 Å². The Morgan fingerprint density at radius 1 is 1.32 bits per heavy atom. The predicted molar refractivity (Wildman–Crippen MR) is 82.8 cm³/mol. The molecule has 1 heterocycles. The van der Waals surface area contributed by atoms with E-state index in [0.717, 1.165) is 11.1 Å². The van der Waals surface area contributed by atoms with E-state index >= 15 is 0 Å². The molecule has 0 N–H and O–H groups in total. The highest BCUT2D eigenvalue weighted by Gasteiger charge is 2.15. The van der Waals surface area contributed by atoms with Crippen molar-refractivity contribution in [3.05, 3.63) is 46.9 Å². The van der Waals surface area contributed by atoms with E-state index < -0.39 is 6.16 Å². The van der Waals surface area contributed by atoms with E-state index in [1.807, 2.05) is 31.2 Å². The molecule has 1 aromatic heterocycles. The number of aryl methyl sites for hydroxylation is 2. The van der Waals surface area contributed by atoms with E-state index in [0.29, 0.717) is 17.4 Å². The van der Waals surface area contributed by atoms with Crippen LogP contribution in [0.3, 0.4) is 0 Å². The minimum atomic E-state index is -0.744. The van der Waals surface area contributed by atoms with Crippen LogP contribution in [0.1, 0.15) is 29.6 Å². The van der Waals surface area contributed by atoms with Crippen LogP contribution in [0.2, 0.25) is 0 Å². The van der Waals surface area contributed by atoms with Gasteiger partial charge < -0.3 is 9.47 Å². The third-order valence-corrected chi connectivity index (χ3v) is 2.98. The molecule has 0 saturated carbocycles. The number of rotatable bonds is 2. The molecule has 0 aliphatic heterocycles. The molecule has 0 aliphatic rings. The van der Waals surface area contributed by atoms with E-state index in [4.69, 9.17) is 9.47 Å². The van der Waals surface area contributed by atoms with Gasteiger partial charge in [-0.2, -0.15) is 0 Å². The summed E-state index contributed by atoms with van der Waals surface area (Å²) in [6.45, 7) is 5.75. The minimum Gasteiger partial charge on any atom is -0.434 e. The Bertz CT molecular complexity index is 751. The number of imidazole rings is 1. The highest BCUT2D eigenvalue weighted by atomic mass is 16.7. The minimum absolute atomic E-state index is 0.260. The molecular formula is C17H18N2O3. The maximum Gasteiger partial charge on any atom is 0.515 e. The monoisotopic (exact) mass is 298 g/mol. The zero-order valence-corrected chi connectivity index (χ0v) is 13.1. The molecule has 0 unspecified atom stereocenters. The maximum atomic E-state index is 11.4. The summed E-state index contributed by atoms with van der Waals surface area (Å²) in [5.74, 6) is 6.92. The molecule has 0 radical (unpaired) electrons. The van der Waals surface area contributed by atoms with Crippen LogP contribution in [0.25, 0.3) is 0 Å². The summed E-state index contributed by atoms with van der Waals surface area (Å²) >= 11 is 0. The van der Waals surface area contributed by atoms with E-state index in [-0.39, 0.29) is 6.61 Å². The number of aromatic nitrogens is 2. The van der Waals surface area contributed by atoms with Crippen LogP contribution in [0, 0.1) is 25.7 Å². The third kappa shape index (κ3) is 3.67. The van der Waals surface area contributed by atoms with Crippen molar-refractivity contribution in [3.8, 4) is 17.7 Å². The molecule has 0 saturated heterocycles. The molecule has 0 bridgehead atoms. The summed E-state index contributed by atoms with van der Waals surface area (Å²) in [7, 11) is 1.74. The van der Waals surface area contributed by atoms with Gasteiger partial charge in [0.25, 0.3) is 0 Å². The molecule has 5 heteroatoms. The van der Waals surface area contributed by atoms with E-state index in [2.05, 4.69) is 16.8 Å². The zero-order chi connectivity index (χ0) is 16.1. The quantitative estimate of drug-likeness (QED) is 0.632. The number of carbonyl (C=O) groups excluding carboxylic acids is 1. The van der Waals surface area contributed by atoms with Crippen LogP contribution in [0.5, 0.6) is 5.88 Å². The Labute approximate surface area is 129 Å². The first kappa shape index (κ1) is 15.6. The fourth-order valence-corrected chi connectivity index (χ4v) is 1.95. The fourth-order valence-electron chi connectivity index (χ4n) is 1.95. The smallest absolute Gasteiger partial charge is 0.434 e. The second-order valence-electron chi connectivity index (χ2n) is 4.79. The summed E-state index contributed by atoms with van der Waals surface area (Å²) < 4.78 is 11.5. The van der Waals surface area contributed by atoms with Gasteiger partial charge in [0.05, 0.1) is 6.61 Å². The summed E-state index contributed by atoms with van der Waals surface area (Å²) in [5, 5.41) is 0. The average Bonchev–Trinajstić information content (AvgIpc) is 2.73. The normalized spacial score (nSPS) is 9.82. The average molecular weight is 298 g/mol. The summed E-state index contributed by atoms with van der Waals surface area (Å²) in [4.78, 5) is 15.7. The zero-order valence-electron chi connectivity index (χ0n) is 13.1. The number of hydrogen-bond donors (Lipinski definition) is 0. The Hall–Kier alpha value is -2.74. The molecular weight excluding hydrogens is 280 g/mol.